The number of aromatic nitrogens is 4. The summed E-state index contributed by atoms with van der Waals surface area (Å²) < 4.78 is 36.7. The van der Waals surface area contributed by atoms with Crippen molar-refractivity contribution in [1.82, 2.24) is 29.5 Å². The zero-order valence-corrected chi connectivity index (χ0v) is 23.7. The predicted octanol–water partition coefficient (Wildman–Crippen LogP) is 3.31. The van der Waals surface area contributed by atoms with Gasteiger partial charge in [0.25, 0.3) is 5.56 Å². The van der Waals surface area contributed by atoms with E-state index >= 15 is 0 Å². The molecule has 0 aliphatic heterocycles. The van der Waals surface area contributed by atoms with Crippen molar-refractivity contribution in [2.45, 2.75) is 19.6 Å². The van der Waals surface area contributed by atoms with Gasteiger partial charge < -0.3 is 15.0 Å². The number of carbonyl (C=O) groups excluding carboxylic acids is 1. The molecule has 5 aromatic rings. The minimum atomic E-state index is -0.825. The molecule has 0 saturated heterocycles. The van der Waals surface area contributed by atoms with Crippen LogP contribution in [0.3, 0.4) is 0 Å². The van der Waals surface area contributed by atoms with Crippen molar-refractivity contribution in [2.24, 2.45) is 0 Å². The highest BCUT2D eigenvalue weighted by molar-refractivity contribution is 7.22. The van der Waals surface area contributed by atoms with E-state index in [1.54, 1.807) is 0 Å². The van der Waals surface area contributed by atoms with E-state index in [0.29, 0.717) is 29.9 Å². The van der Waals surface area contributed by atoms with E-state index in [-0.39, 0.29) is 27.5 Å². The lowest BCUT2D eigenvalue weighted by atomic mass is 10.0. The first kappa shape index (κ1) is 28.8. The van der Waals surface area contributed by atoms with Gasteiger partial charge in [-0.2, -0.15) is 0 Å². The third-order valence-electron chi connectivity index (χ3n) is 6.59. The number of nitrogens with zero attached hydrogens (tertiary/aromatic N) is 5. The molecule has 216 valence electrons. The van der Waals surface area contributed by atoms with E-state index < -0.39 is 29.4 Å². The number of rotatable bonds is 10. The second-order valence-corrected chi connectivity index (χ2v) is 10.7. The van der Waals surface area contributed by atoms with Crippen LogP contribution in [-0.4, -0.2) is 51.8 Å². The monoisotopic (exact) mass is 592 g/mol. The standard InChI is InChI=1S/C29H26F2N6O4S/c1-35(2)14-20-25-27(39)37(23-11-12-24(41-3)34-33-23)29(40)36(15-19-21(30)5-4-6-22(19)31)28(25)42-26(20)18-9-7-17(8-10-18)13-32-16-38/h4-12,16H,13-15H2,1-3H3,(H,32,38). The molecule has 0 spiro atoms. The zero-order chi connectivity index (χ0) is 30.0. The van der Waals surface area contributed by atoms with Gasteiger partial charge in [0, 0.05) is 29.6 Å². The second kappa shape index (κ2) is 12.0. The van der Waals surface area contributed by atoms with Gasteiger partial charge in [0.2, 0.25) is 12.3 Å². The van der Waals surface area contributed by atoms with Crippen molar-refractivity contribution >= 4 is 28.0 Å². The molecule has 0 saturated carbocycles. The summed E-state index contributed by atoms with van der Waals surface area (Å²) in [6, 6.07) is 13.8. The lowest BCUT2D eigenvalue weighted by molar-refractivity contribution is -0.109. The molecule has 1 amide bonds. The topological polar surface area (TPSA) is 111 Å². The number of nitrogens with one attached hydrogen (secondary N) is 1. The number of hydrogen-bond donors (Lipinski definition) is 1. The van der Waals surface area contributed by atoms with Crippen LogP contribution in [0.5, 0.6) is 5.88 Å². The van der Waals surface area contributed by atoms with Crippen molar-refractivity contribution < 1.29 is 18.3 Å². The average Bonchev–Trinajstić information content (AvgIpc) is 3.34. The van der Waals surface area contributed by atoms with Crippen LogP contribution in [0, 0.1) is 11.6 Å². The van der Waals surface area contributed by atoms with E-state index in [1.165, 1.54) is 41.2 Å². The molecule has 3 heterocycles. The first-order chi connectivity index (χ1) is 20.2. The Hall–Kier alpha value is -4.75. The van der Waals surface area contributed by atoms with Gasteiger partial charge in [-0.1, -0.05) is 30.3 Å². The Balaban J connectivity index is 1.83. The Morgan fingerprint density at radius 1 is 1.00 bits per heavy atom. The van der Waals surface area contributed by atoms with Crippen LogP contribution in [0.1, 0.15) is 16.7 Å². The quantitative estimate of drug-likeness (QED) is 0.248. The summed E-state index contributed by atoms with van der Waals surface area (Å²) in [5.74, 6) is -1.52. The van der Waals surface area contributed by atoms with Crippen molar-refractivity contribution in [2.75, 3.05) is 21.2 Å². The van der Waals surface area contributed by atoms with Crippen LogP contribution in [0.4, 0.5) is 8.78 Å². The fourth-order valence-corrected chi connectivity index (χ4v) is 5.93. The van der Waals surface area contributed by atoms with Gasteiger partial charge in [0.05, 0.1) is 19.0 Å². The van der Waals surface area contributed by atoms with Gasteiger partial charge >= 0.3 is 5.69 Å². The lowest BCUT2D eigenvalue weighted by Crippen LogP contribution is -2.39. The lowest BCUT2D eigenvalue weighted by Gasteiger charge is -2.14. The fraction of sp³-hybridized carbons (Fsp3) is 0.207. The number of thiophene rings is 1. The molecule has 0 aliphatic rings. The van der Waals surface area contributed by atoms with Gasteiger partial charge in [0.15, 0.2) is 5.82 Å². The second-order valence-electron chi connectivity index (χ2n) is 9.67. The van der Waals surface area contributed by atoms with Gasteiger partial charge in [-0.15, -0.1) is 21.5 Å². The number of halogens is 2. The molecule has 42 heavy (non-hydrogen) atoms. The van der Waals surface area contributed by atoms with Gasteiger partial charge in [-0.3, -0.25) is 14.2 Å². The number of methoxy groups -OCH3 is 1. The molecular formula is C29H26F2N6O4S. The van der Waals surface area contributed by atoms with Gasteiger partial charge in [-0.25, -0.2) is 18.1 Å². The van der Waals surface area contributed by atoms with Crippen LogP contribution in [0.25, 0.3) is 26.5 Å². The number of ether oxygens (including phenoxy) is 1. The summed E-state index contributed by atoms with van der Waals surface area (Å²) >= 11 is 1.19. The highest BCUT2D eigenvalue weighted by Gasteiger charge is 2.25. The van der Waals surface area contributed by atoms with Gasteiger partial charge in [-0.05, 0) is 49.0 Å². The Morgan fingerprint density at radius 2 is 1.71 bits per heavy atom. The molecule has 5 rings (SSSR count). The molecule has 0 fully saturated rings. The highest BCUT2D eigenvalue weighted by atomic mass is 32.1. The molecule has 3 aromatic heterocycles. The van der Waals surface area contributed by atoms with Gasteiger partial charge in [0.1, 0.15) is 16.5 Å². The van der Waals surface area contributed by atoms with Crippen LogP contribution in [0.15, 0.2) is 64.2 Å². The summed E-state index contributed by atoms with van der Waals surface area (Å²) in [4.78, 5) is 41.6. The fourth-order valence-electron chi connectivity index (χ4n) is 4.63. The van der Waals surface area contributed by atoms with E-state index in [1.807, 2.05) is 43.3 Å². The normalized spacial score (nSPS) is 11.3. The molecule has 13 heteroatoms. The largest absolute Gasteiger partial charge is 0.480 e. The number of benzene rings is 2. The highest BCUT2D eigenvalue weighted by Crippen LogP contribution is 2.38. The van der Waals surface area contributed by atoms with Crippen molar-refractivity contribution in [3.05, 3.63) is 104 Å². The van der Waals surface area contributed by atoms with Crippen LogP contribution in [0.2, 0.25) is 0 Å². The first-order valence-electron chi connectivity index (χ1n) is 12.8. The minimum Gasteiger partial charge on any atom is -0.480 e. The molecule has 0 aliphatic carbocycles. The molecule has 1 N–H and O–H groups in total. The molecule has 0 bridgehead atoms. The minimum absolute atomic E-state index is 0.0639. The summed E-state index contributed by atoms with van der Waals surface area (Å²) in [7, 11) is 5.10. The van der Waals surface area contributed by atoms with Crippen molar-refractivity contribution in [1.29, 1.82) is 0 Å². The number of hydrogen-bond acceptors (Lipinski definition) is 8. The Labute approximate surface area is 242 Å². The van der Waals surface area contributed by atoms with Crippen molar-refractivity contribution in [3.63, 3.8) is 0 Å². The number of carbonyl (C=O) groups is 1. The first-order valence-corrected chi connectivity index (χ1v) is 13.6. The van der Waals surface area contributed by atoms with E-state index in [2.05, 4.69) is 15.5 Å². The molecule has 0 atom stereocenters. The number of amides is 1. The molecule has 10 nitrogen and oxygen atoms in total. The third kappa shape index (κ3) is 5.43. The summed E-state index contributed by atoms with van der Waals surface area (Å²) in [5, 5.41) is 10.8. The van der Waals surface area contributed by atoms with Crippen LogP contribution < -0.4 is 21.3 Å². The maximum Gasteiger partial charge on any atom is 0.338 e. The maximum absolute atomic E-state index is 14.8. The van der Waals surface area contributed by atoms with E-state index in [0.717, 1.165) is 27.8 Å². The smallest absolute Gasteiger partial charge is 0.338 e. The van der Waals surface area contributed by atoms with Crippen molar-refractivity contribution in [3.8, 4) is 22.1 Å². The predicted molar refractivity (Wildman–Crippen MR) is 155 cm³/mol. The summed E-state index contributed by atoms with van der Waals surface area (Å²) in [6.07, 6.45) is 0.616. The zero-order valence-electron chi connectivity index (χ0n) is 22.9. The van der Waals surface area contributed by atoms with Crippen LogP contribution >= 0.6 is 11.3 Å². The molecule has 0 radical (unpaired) electrons. The van der Waals surface area contributed by atoms with Crippen LogP contribution in [-0.2, 0) is 24.4 Å². The SMILES string of the molecule is COc1ccc(-n2c(=O)c3c(CN(C)C)c(-c4ccc(CNC=O)cc4)sc3n(Cc3c(F)cccc3F)c2=O)nn1. The number of fused-ring (bicyclic) bond motifs is 1. The summed E-state index contributed by atoms with van der Waals surface area (Å²) in [5.41, 5.74) is 0.507. The Morgan fingerprint density at radius 3 is 2.31 bits per heavy atom. The molecule has 2 aromatic carbocycles. The molecular weight excluding hydrogens is 566 g/mol. The average molecular weight is 593 g/mol. The van der Waals surface area contributed by atoms with E-state index in [4.69, 9.17) is 4.74 Å². The summed E-state index contributed by atoms with van der Waals surface area (Å²) in [6.45, 7) is 0.219. The Kier molecular flexibility index (Phi) is 8.22. The third-order valence-corrected chi connectivity index (χ3v) is 7.90. The molecule has 0 unspecified atom stereocenters. The van der Waals surface area contributed by atoms with E-state index in [9.17, 15) is 23.2 Å². The maximum atomic E-state index is 14.8. The Bertz CT molecular complexity index is 1860.